The normalized spacial score (nSPS) is 19.0. The third-order valence-electron chi connectivity index (χ3n) is 4.63. The SMILES string of the molecule is CC1(C(=O)NS(=O)(=O)c2ccc(C#N)cc2)CCN1C(=O)Cc1cccs1. The van der Waals surface area contributed by atoms with Crippen LogP contribution >= 0.6 is 11.3 Å². The number of likely N-dealkylation sites (tertiary alicyclic amines) is 1. The average molecular weight is 403 g/mol. The lowest BCUT2D eigenvalue weighted by atomic mass is 9.85. The molecule has 1 atom stereocenters. The molecule has 0 aliphatic carbocycles. The fraction of sp³-hybridized carbons (Fsp3) is 0.278. The fourth-order valence-electron chi connectivity index (χ4n) is 2.85. The van der Waals surface area contributed by atoms with Crippen LogP contribution in [0.15, 0.2) is 46.7 Å². The van der Waals surface area contributed by atoms with E-state index >= 15 is 0 Å². The Bertz CT molecular complexity index is 1010. The van der Waals surface area contributed by atoms with Crippen molar-refractivity contribution in [2.45, 2.75) is 30.2 Å². The van der Waals surface area contributed by atoms with Crippen molar-refractivity contribution in [1.29, 1.82) is 5.26 Å². The van der Waals surface area contributed by atoms with Gasteiger partial charge in [-0.1, -0.05) is 6.07 Å². The molecule has 3 rings (SSSR count). The number of benzene rings is 1. The molecular formula is C18H17N3O4S2. The number of hydrogen-bond acceptors (Lipinski definition) is 6. The molecule has 7 nitrogen and oxygen atoms in total. The maximum atomic E-state index is 12.6. The van der Waals surface area contributed by atoms with E-state index in [1.165, 1.54) is 40.5 Å². The molecule has 1 unspecified atom stereocenters. The van der Waals surface area contributed by atoms with Crippen LogP contribution in [0.1, 0.15) is 23.8 Å². The second-order valence-electron chi connectivity index (χ2n) is 6.40. The number of hydrogen-bond donors (Lipinski definition) is 1. The number of nitriles is 1. The Balaban J connectivity index is 1.72. The summed E-state index contributed by atoms with van der Waals surface area (Å²) >= 11 is 1.46. The summed E-state index contributed by atoms with van der Waals surface area (Å²) in [6, 6.07) is 10.8. The summed E-state index contributed by atoms with van der Waals surface area (Å²) in [7, 11) is -4.09. The lowest BCUT2D eigenvalue weighted by Crippen LogP contribution is -2.68. The van der Waals surface area contributed by atoms with E-state index in [1.807, 2.05) is 23.6 Å². The molecule has 140 valence electrons. The maximum absolute atomic E-state index is 12.6. The number of amides is 2. The zero-order chi connectivity index (χ0) is 19.7. The molecule has 0 spiro atoms. The summed E-state index contributed by atoms with van der Waals surface area (Å²) in [5.74, 6) is -0.949. The predicted octanol–water partition coefficient (Wildman–Crippen LogP) is 1.66. The molecule has 2 amide bonds. The van der Waals surface area contributed by atoms with Crippen molar-refractivity contribution in [1.82, 2.24) is 9.62 Å². The van der Waals surface area contributed by atoms with Crippen molar-refractivity contribution in [2.24, 2.45) is 0 Å². The molecule has 0 saturated carbocycles. The van der Waals surface area contributed by atoms with E-state index in [4.69, 9.17) is 5.26 Å². The number of nitrogens with zero attached hydrogens (tertiary/aromatic N) is 2. The fourth-order valence-corrected chi connectivity index (χ4v) is 4.62. The van der Waals surface area contributed by atoms with Crippen molar-refractivity contribution >= 4 is 33.2 Å². The first-order chi connectivity index (χ1) is 12.8. The van der Waals surface area contributed by atoms with Gasteiger partial charge in [0, 0.05) is 11.4 Å². The Morgan fingerprint density at radius 1 is 1.30 bits per heavy atom. The molecule has 2 aromatic rings. The van der Waals surface area contributed by atoms with E-state index in [9.17, 15) is 18.0 Å². The Hall–Kier alpha value is -2.70. The zero-order valence-electron chi connectivity index (χ0n) is 14.5. The van der Waals surface area contributed by atoms with Crippen LogP contribution < -0.4 is 4.72 Å². The van der Waals surface area contributed by atoms with Crippen LogP contribution in [-0.4, -0.2) is 37.2 Å². The Labute approximate surface area is 161 Å². The number of carbonyl (C=O) groups is 2. The summed E-state index contributed by atoms with van der Waals surface area (Å²) in [6.45, 7) is 1.97. The second-order valence-corrected chi connectivity index (χ2v) is 9.11. The van der Waals surface area contributed by atoms with Gasteiger partial charge >= 0.3 is 0 Å². The Morgan fingerprint density at radius 3 is 2.52 bits per heavy atom. The van der Waals surface area contributed by atoms with Crippen LogP contribution in [-0.2, 0) is 26.0 Å². The van der Waals surface area contributed by atoms with Gasteiger partial charge in [-0.3, -0.25) is 9.59 Å². The van der Waals surface area contributed by atoms with Crippen molar-refractivity contribution in [3.8, 4) is 6.07 Å². The van der Waals surface area contributed by atoms with Gasteiger partial charge in [0.25, 0.3) is 15.9 Å². The first-order valence-corrected chi connectivity index (χ1v) is 10.5. The van der Waals surface area contributed by atoms with Gasteiger partial charge in [-0.15, -0.1) is 11.3 Å². The summed E-state index contributed by atoms with van der Waals surface area (Å²) in [5.41, 5.74) is -0.884. The molecule has 9 heteroatoms. The highest BCUT2D eigenvalue weighted by Gasteiger charge is 2.50. The summed E-state index contributed by atoms with van der Waals surface area (Å²) in [6.07, 6.45) is 0.570. The van der Waals surface area contributed by atoms with Crippen LogP contribution in [0.5, 0.6) is 0 Å². The number of sulfonamides is 1. The molecule has 1 aromatic carbocycles. The lowest BCUT2D eigenvalue weighted by molar-refractivity contribution is -0.156. The van der Waals surface area contributed by atoms with E-state index in [-0.39, 0.29) is 17.2 Å². The van der Waals surface area contributed by atoms with E-state index in [0.717, 1.165) is 4.88 Å². The van der Waals surface area contributed by atoms with Gasteiger partial charge in [-0.2, -0.15) is 5.26 Å². The number of rotatable bonds is 5. The van der Waals surface area contributed by atoms with E-state index in [2.05, 4.69) is 4.72 Å². The molecule has 1 fully saturated rings. The number of thiophene rings is 1. The Kier molecular flexibility index (Phi) is 5.04. The van der Waals surface area contributed by atoms with Crippen LogP contribution in [0.4, 0.5) is 0 Å². The first-order valence-electron chi connectivity index (χ1n) is 8.16. The summed E-state index contributed by atoms with van der Waals surface area (Å²) in [5, 5.41) is 10.7. The topological polar surface area (TPSA) is 107 Å². The van der Waals surface area contributed by atoms with Crippen LogP contribution in [0.3, 0.4) is 0 Å². The molecule has 1 saturated heterocycles. The number of carbonyl (C=O) groups excluding carboxylic acids is 2. The van der Waals surface area contributed by atoms with Gasteiger partial charge in [0.15, 0.2) is 0 Å². The smallest absolute Gasteiger partial charge is 0.264 e. The van der Waals surface area contributed by atoms with Crippen molar-refractivity contribution < 1.29 is 18.0 Å². The Morgan fingerprint density at radius 2 is 2.00 bits per heavy atom. The summed E-state index contributed by atoms with van der Waals surface area (Å²) < 4.78 is 26.9. The second kappa shape index (κ2) is 7.13. The van der Waals surface area contributed by atoms with Crippen molar-refractivity contribution in [2.75, 3.05) is 6.54 Å². The average Bonchev–Trinajstić information content (AvgIpc) is 3.12. The molecule has 0 radical (unpaired) electrons. The molecule has 1 aliphatic rings. The van der Waals surface area contributed by atoms with Crippen molar-refractivity contribution in [3.05, 3.63) is 52.2 Å². The molecule has 1 aliphatic heterocycles. The van der Waals surface area contributed by atoms with Gasteiger partial charge in [-0.25, -0.2) is 13.1 Å². The maximum Gasteiger partial charge on any atom is 0.264 e. The van der Waals surface area contributed by atoms with Gasteiger partial charge in [0.1, 0.15) is 5.54 Å². The van der Waals surface area contributed by atoms with Gasteiger partial charge < -0.3 is 4.90 Å². The quantitative estimate of drug-likeness (QED) is 0.817. The van der Waals surface area contributed by atoms with Crippen LogP contribution in [0.2, 0.25) is 0 Å². The van der Waals surface area contributed by atoms with E-state index in [0.29, 0.717) is 18.5 Å². The van der Waals surface area contributed by atoms with Gasteiger partial charge in [-0.05, 0) is 49.1 Å². The standard InChI is InChI=1S/C18H17N3O4S2/c1-18(8-9-21(18)16(22)11-14-3-2-10-26-14)17(23)20-27(24,25)15-6-4-13(12-19)5-7-15/h2-7,10H,8-9,11H2,1H3,(H,20,23). The molecule has 1 N–H and O–H groups in total. The monoisotopic (exact) mass is 403 g/mol. The minimum Gasteiger partial charge on any atom is -0.328 e. The lowest BCUT2D eigenvalue weighted by Gasteiger charge is -2.48. The van der Waals surface area contributed by atoms with Crippen molar-refractivity contribution in [3.63, 3.8) is 0 Å². The zero-order valence-corrected chi connectivity index (χ0v) is 16.1. The molecule has 2 heterocycles. The number of nitrogens with one attached hydrogen (secondary N) is 1. The highest BCUT2D eigenvalue weighted by Crippen LogP contribution is 2.32. The van der Waals surface area contributed by atoms with E-state index in [1.54, 1.807) is 6.92 Å². The van der Waals surface area contributed by atoms with E-state index < -0.39 is 21.5 Å². The first kappa shape index (κ1) is 19.1. The van der Waals surface area contributed by atoms with Gasteiger partial charge in [0.2, 0.25) is 5.91 Å². The highest BCUT2D eigenvalue weighted by molar-refractivity contribution is 7.90. The highest BCUT2D eigenvalue weighted by atomic mass is 32.2. The third-order valence-corrected chi connectivity index (χ3v) is 6.86. The van der Waals surface area contributed by atoms with Crippen LogP contribution in [0, 0.1) is 11.3 Å². The minimum absolute atomic E-state index is 0.116. The molecular weight excluding hydrogens is 386 g/mol. The van der Waals surface area contributed by atoms with Crippen LogP contribution in [0.25, 0.3) is 0 Å². The largest absolute Gasteiger partial charge is 0.328 e. The third kappa shape index (κ3) is 3.72. The summed E-state index contributed by atoms with van der Waals surface area (Å²) in [4.78, 5) is 27.3. The molecule has 0 bridgehead atoms. The molecule has 1 aromatic heterocycles. The van der Waals surface area contributed by atoms with Gasteiger partial charge in [0.05, 0.1) is 22.9 Å². The predicted molar refractivity (Wildman–Crippen MR) is 99.2 cm³/mol. The minimum atomic E-state index is -4.09. The molecule has 27 heavy (non-hydrogen) atoms.